The van der Waals surface area contributed by atoms with Crippen LogP contribution in [0.1, 0.15) is 0 Å². The standard InChI is InChI=1S/C11H9ClF3NO/c12-9-2-1-3-10-8(9)4-5-16(10)6-7-17-11(13,14)15/h1-5H,6-7H2. The molecule has 17 heavy (non-hydrogen) atoms. The fraction of sp³-hybridized carbons (Fsp3) is 0.273. The van der Waals surface area contributed by atoms with Gasteiger partial charge in [-0.05, 0) is 18.2 Å². The lowest BCUT2D eigenvalue weighted by molar-refractivity contribution is -0.325. The lowest BCUT2D eigenvalue weighted by atomic mass is 10.2. The number of aromatic nitrogens is 1. The van der Waals surface area contributed by atoms with Gasteiger partial charge in [-0.2, -0.15) is 0 Å². The van der Waals surface area contributed by atoms with E-state index in [4.69, 9.17) is 11.6 Å². The molecule has 2 nitrogen and oxygen atoms in total. The summed E-state index contributed by atoms with van der Waals surface area (Å²) in [6.45, 7) is -0.289. The number of nitrogens with zero attached hydrogens (tertiary/aromatic N) is 1. The second kappa shape index (κ2) is 4.58. The third-order valence-corrected chi connectivity index (χ3v) is 2.69. The number of halogens is 4. The molecule has 0 saturated heterocycles. The first-order valence-corrected chi connectivity index (χ1v) is 5.29. The first-order valence-electron chi connectivity index (χ1n) is 4.91. The van der Waals surface area contributed by atoms with Crippen molar-refractivity contribution in [2.75, 3.05) is 6.61 Å². The van der Waals surface area contributed by atoms with Gasteiger partial charge in [0, 0.05) is 28.7 Å². The zero-order valence-electron chi connectivity index (χ0n) is 8.67. The van der Waals surface area contributed by atoms with Crippen LogP contribution in [0.15, 0.2) is 30.5 Å². The summed E-state index contributed by atoms with van der Waals surface area (Å²) in [6, 6.07) is 7.06. The summed E-state index contributed by atoms with van der Waals surface area (Å²) in [5.74, 6) is 0. The molecule has 0 fully saturated rings. The normalized spacial score (nSPS) is 12.2. The van der Waals surface area contributed by atoms with Crippen molar-refractivity contribution in [3.05, 3.63) is 35.5 Å². The maximum absolute atomic E-state index is 11.8. The number of ether oxygens (including phenoxy) is 1. The van der Waals surface area contributed by atoms with Crippen molar-refractivity contribution in [3.63, 3.8) is 0 Å². The maximum Gasteiger partial charge on any atom is 0.522 e. The number of alkyl halides is 3. The molecule has 0 atom stereocenters. The van der Waals surface area contributed by atoms with E-state index in [-0.39, 0.29) is 6.54 Å². The molecule has 0 bridgehead atoms. The van der Waals surface area contributed by atoms with Crippen LogP contribution in [0.5, 0.6) is 0 Å². The molecule has 6 heteroatoms. The molecule has 0 saturated carbocycles. The highest BCUT2D eigenvalue weighted by Crippen LogP contribution is 2.24. The maximum atomic E-state index is 11.8. The number of benzene rings is 1. The van der Waals surface area contributed by atoms with Gasteiger partial charge >= 0.3 is 6.36 Å². The molecular formula is C11H9ClF3NO. The van der Waals surface area contributed by atoms with Gasteiger partial charge in [0.05, 0.1) is 6.61 Å². The van der Waals surface area contributed by atoms with E-state index >= 15 is 0 Å². The molecule has 1 heterocycles. The van der Waals surface area contributed by atoms with Crippen LogP contribution in [-0.4, -0.2) is 17.5 Å². The first-order chi connectivity index (χ1) is 7.97. The SMILES string of the molecule is FC(F)(F)OCCn1ccc2c(Cl)cccc21. The molecule has 2 rings (SSSR count). The fourth-order valence-corrected chi connectivity index (χ4v) is 1.87. The monoisotopic (exact) mass is 263 g/mol. The average molecular weight is 264 g/mol. The Hall–Kier alpha value is -1.20. The number of fused-ring (bicyclic) bond motifs is 1. The number of rotatable bonds is 3. The van der Waals surface area contributed by atoms with Gasteiger partial charge in [0.1, 0.15) is 0 Å². The Morgan fingerprint density at radius 2 is 2.00 bits per heavy atom. The molecule has 0 N–H and O–H groups in total. The Morgan fingerprint density at radius 3 is 2.71 bits per heavy atom. The quantitative estimate of drug-likeness (QED) is 0.821. The number of hydrogen-bond donors (Lipinski definition) is 0. The smallest absolute Gasteiger partial charge is 0.345 e. The second-order valence-corrected chi connectivity index (χ2v) is 3.88. The van der Waals surface area contributed by atoms with Gasteiger partial charge in [-0.3, -0.25) is 4.74 Å². The van der Waals surface area contributed by atoms with Crippen LogP contribution in [0, 0.1) is 0 Å². The predicted molar refractivity (Wildman–Crippen MR) is 59.0 cm³/mol. The molecule has 0 radical (unpaired) electrons. The van der Waals surface area contributed by atoms with Crippen molar-refractivity contribution >= 4 is 22.5 Å². The van der Waals surface area contributed by atoms with Crippen LogP contribution in [0.2, 0.25) is 5.02 Å². The summed E-state index contributed by atoms with van der Waals surface area (Å²) < 4.78 is 40.8. The molecule has 1 aromatic heterocycles. The van der Waals surface area contributed by atoms with E-state index in [1.807, 2.05) is 0 Å². The van der Waals surface area contributed by atoms with Gasteiger partial charge in [0.15, 0.2) is 0 Å². The Balaban J connectivity index is 2.12. The third kappa shape index (κ3) is 2.92. The molecule has 0 amide bonds. The minimum Gasteiger partial charge on any atom is -0.345 e. The van der Waals surface area contributed by atoms with Crippen LogP contribution in [0.3, 0.4) is 0 Å². The van der Waals surface area contributed by atoms with Crippen molar-refractivity contribution in [1.82, 2.24) is 4.57 Å². The Kier molecular flexibility index (Phi) is 3.31. The van der Waals surface area contributed by atoms with Gasteiger partial charge in [0.2, 0.25) is 0 Å². The van der Waals surface area contributed by atoms with Crippen molar-refractivity contribution in [3.8, 4) is 0 Å². The third-order valence-electron chi connectivity index (χ3n) is 2.36. The molecule has 2 aromatic rings. The number of hydrogen-bond acceptors (Lipinski definition) is 1. The molecule has 0 aliphatic carbocycles. The lowest BCUT2D eigenvalue weighted by Crippen LogP contribution is -2.17. The molecule has 0 unspecified atom stereocenters. The molecule has 92 valence electrons. The average Bonchev–Trinajstić information content (AvgIpc) is 2.61. The first kappa shape index (κ1) is 12.3. The summed E-state index contributed by atoms with van der Waals surface area (Å²) in [5.41, 5.74) is 0.795. The van der Waals surface area contributed by atoms with E-state index < -0.39 is 13.0 Å². The highest BCUT2D eigenvalue weighted by Gasteiger charge is 2.28. The van der Waals surface area contributed by atoms with Gasteiger partial charge in [-0.1, -0.05) is 17.7 Å². The molecule has 0 aliphatic heterocycles. The molecule has 0 spiro atoms. The van der Waals surface area contributed by atoms with E-state index in [0.717, 1.165) is 10.9 Å². The van der Waals surface area contributed by atoms with Crippen molar-refractivity contribution in [2.45, 2.75) is 12.9 Å². The van der Waals surface area contributed by atoms with Crippen molar-refractivity contribution < 1.29 is 17.9 Å². The highest BCUT2D eigenvalue weighted by molar-refractivity contribution is 6.35. The van der Waals surface area contributed by atoms with Crippen LogP contribution in [0.25, 0.3) is 10.9 Å². The Bertz CT molecular complexity index is 521. The van der Waals surface area contributed by atoms with Crippen molar-refractivity contribution in [1.29, 1.82) is 0 Å². The Morgan fingerprint density at radius 1 is 1.24 bits per heavy atom. The summed E-state index contributed by atoms with van der Waals surface area (Å²) in [5, 5.41) is 1.40. The zero-order valence-corrected chi connectivity index (χ0v) is 9.42. The summed E-state index contributed by atoms with van der Waals surface area (Å²) in [7, 11) is 0. The van der Waals surface area contributed by atoms with Crippen LogP contribution in [0.4, 0.5) is 13.2 Å². The van der Waals surface area contributed by atoms with Gasteiger partial charge < -0.3 is 4.57 Å². The summed E-state index contributed by atoms with van der Waals surface area (Å²) in [6.07, 6.45) is -2.89. The minimum atomic E-state index is -4.58. The van der Waals surface area contributed by atoms with Crippen LogP contribution >= 0.6 is 11.6 Å². The fourth-order valence-electron chi connectivity index (χ4n) is 1.64. The van der Waals surface area contributed by atoms with Crippen LogP contribution in [-0.2, 0) is 11.3 Å². The largest absolute Gasteiger partial charge is 0.522 e. The van der Waals surface area contributed by atoms with Gasteiger partial charge in [-0.25, -0.2) is 0 Å². The van der Waals surface area contributed by atoms with Gasteiger partial charge in [0.25, 0.3) is 0 Å². The molecular weight excluding hydrogens is 255 g/mol. The predicted octanol–water partition coefficient (Wildman–Crippen LogP) is 3.83. The Labute approximate surface area is 101 Å². The molecule has 1 aromatic carbocycles. The topological polar surface area (TPSA) is 14.2 Å². The zero-order chi connectivity index (χ0) is 12.5. The van der Waals surface area contributed by atoms with Crippen molar-refractivity contribution in [2.24, 2.45) is 0 Å². The summed E-state index contributed by atoms with van der Waals surface area (Å²) in [4.78, 5) is 0. The van der Waals surface area contributed by atoms with E-state index in [0.29, 0.717) is 5.02 Å². The molecule has 0 aliphatic rings. The summed E-state index contributed by atoms with van der Waals surface area (Å²) >= 11 is 5.95. The van der Waals surface area contributed by atoms with Crippen LogP contribution < -0.4 is 0 Å². The van der Waals surface area contributed by atoms with E-state index in [9.17, 15) is 13.2 Å². The van der Waals surface area contributed by atoms with E-state index in [2.05, 4.69) is 4.74 Å². The highest BCUT2D eigenvalue weighted by atomic mass is 35.5. The van der Waals surface area contributed by atoms with Gasteiger partial charge in [-0.15, -0.1) is 13.2 Å². The van der Waals surface area contributed by atoms with E-state index in [1.165, 1.54) is 0 Å². The van der Waals surface area contributed by atoms with E-state index in [1.54, 1.807) is 35.0 Å². The minimum absolute atomic E-state index is 0.128. The lowest BCUT2D eigenvalue weighted by Gasteiger charge is -2.09. The second-order valence-electron chi connectivity index (χ2n) is 3.48.